The summed E-state index contributed by atoms with van der Waals surface area (Å²) in [6.07, 6.45) is 3.14. The third kappa shape index (κ3) is 5.75. The number of primary sulfonamides is 1. The van der Waals surface area contributed by atoms with Gasteiger partial charge in [0.25, 0.3) is 0 Å². The molecular weight excluding hydrogens is 338 g/mol. The molecule has 1 rings (SSSR count). The molecule has 22 heavy (non-hydrogen) atoms. The minimum atomic E-state index is -3.65. The van der Waals surface area contributed by atoms with Gasteiger partial charge in [0, 0.05) is 13.6 Å². The first-order valence-corrected chi connectivity index (χ1v) is 10.2. The summed E-state index contributed by atoms with van der Waals surface area (Å²) in [6, 6.07) is 6.60. The van der Waals surface area contributed by atoms with Crippen molar-refractivity contribution in [3.8, 4) is 0 Å². The molecule has 1 aromatic carbocycles. The summed E-state index contributed by atoms with van der Waals surface area (Å²) in [6.45, 7) is 2.86. The highest BCUT2D eigenvalue weighted by atomic mass is 32.2. The number of benzene rings is 1. The molecule has 0 aliphatic heterocycles. The van der Waals surface area contributed by atoms with Crippen LogP contribution in [0, 0.1) is 0 Å². The molecule has 8 heteroatoms. The number of hydrogen-bond donors (Lipinski definition) is 2. The summed E-state index contributed by atoms with van der Waals surface area (Å²) < 4.78 is 22.5. The van der Waals surface area contributed by atoms with E-state index < -0.39 is 10.0 Å². The normalized spacial score (nSPS) is 12.7. The molecule has 0 fully saturated rings. The van der Waals surface area contributed by atoms with Gasteiger partial charge in [-0.2, -0.15) is 11.8 Å². The lowest BCUT2D eigenvalue weighted by atomic mass is 10.1. The van der Waals surface area contributed by atoms with Crippen LogP contribution in [0.25, 0.3) is 0 Å². The Hall–Kier alpha value is -0.830. The van der Waals surface area contributed by atoms with E-state index in [1.165, 1.54) is 12.1 Å². The number of thiocarbonyl (C=S) groups is 1. The van der Waals surface area contributed by atoms with E-state index in [-0.39, 0.29) is 10.9 Å². The molecule has 0 radical (unpaired) electrons. The molecule has 124 valence electrons. The van der Waals surface area contributed by atoms with E-state index >= 15 is 0 Å². The van der Waals surface area contributed by atoms with E-state index in [1.807, 2.05) is 30.6 Å². The van der Waals surface area contributed by atoms with Gasteiger partial charge >= 0.3 is 0 Å². The van der Waals surface area contributed by atoms with Crippen LogP contribution in [-0.2, 0) is 10.0 Å². The summed E-state index contributed by atoms with van der Waals surface area (Å²) in [5, 5.41) is 9.02. The summed E-state index contributed by atoms with van der Waals surface area (Å²) in [4.78, 5) is 2.07. The summed E-state index contributed by atoms with van der Waals surface area (Å²) >= 11 is 7.19. The molecular formula is C14H23N3O2S3. The number of thioether (sulfide) groups is 1. The first-order valence-electron chi connectivity index (χ1n) is 6.89. The Morgan fingerprint density at radius 2 is 2.00 bits per heavy atom. The lowest BCUT2D eigenvalue weighted by Crippen LogP contribution is -2.39. The van der Waals surface area contributed by atoms with Gasteiger partial charge in [-0.05, 0) is 55.3 Å². The fraction of sp³-hybridized carbons (Fsp3) is 0.500. The van der Waals surface area contributed by atoms with Crippen molar-refractivity contribution in [1.82, 2.24) is 10.2 Å². The smallest absolute Gasteiger partial charge is 0.238 e. The Morgan fingerprint density at radius 1 is 1.41 bits per heavy atom. The minimum absolute atomic E-state index is 0.0371. The quantitative estimate of drug-likeness (QED) is 0.571. The highest BCUT2D eigenvalue weighted by Crippen LogP contribution is 2.20. The molecule has 0 aliphatic rings. The largest absolute Gasteiger partial charge is 0.363 e. The van der Waals surface area contributed by atoms with Crippen LogP contribution in [0.15, 0.2) is 29.2 Å². The van der Waals surface area contributed by atoms with Crippen LogP contribution in [0.1, 0.15) is 24.9 Å². The van der Waals surface area contributed by atoms with Crippen LogP contribution in [0.4, 0.5) is 0 Å². The van der Waals surface area contributed by atoms with Crippen LogP contribution in [0.5, 0.6) is 0 Å². The minimum Gasteiger partial charge on any atom is -0.363 e. The van der Waals surface area contributed by atoms with E-state index in [2.05, 4.69) is 11.6 Å². The summed E-state index contributed by atoms with van der Waals surface area (Å²) in [5.74, 6) is 1.10. The molecule has 0 saturated carbocycles. The lowest BCUT2D eigenvalue weighted by Gasteiger charge is -2.28. The maximum absolute atomic E-state index is 11.3. The standard InChI is InChI=1S/C14H23N3O2S3/c1-11(17(2)14(20)16-9-4-10-21-3)12-5-7-13(8-6-12)22(15,18)19/h5-8,11H,4,9-10H2,1-3H3,(H,16,20)(H2,15,18,19)/t11-/m0/s1. The first-order chi connectivity index (χ1) is 10.3. The molecule has 1 atom stereocenters. The average Bonchev–Trinajstić information content (AvgIpc) is 2.49. The fourth-order valence-corrected chi connectivity index (χ4v) is 3.08. The maximum atomic E-state index is 11.3. The van der Waals surface area contributed by atoms with E-state index in [1.54, 1.807) is 12.1 Å². The molecule has 0 saturated heterocycles. The molecule has 0 amide bonds. The van der Waals surface area contributed by atoms with Gasteiger partial charge in [0.05, 0.1) is 10.9 Å². The van der Waals surface area contributed by atoms with Crippen LogP contribution >= 0.6 is 24.0 Å². The van der Waals surface area contributed by atoms with Crippen LogP contribution < -0.4 is 10.5 Å². The summed E-state index contributed by atoms with van der Waals surface area (Å²) in [5.41, 5.74) is 0.975. The van der Waals surface area contributed by atoms with Crippen LogP contribution in [-0.4, -0.2) is 44.0 Å². The molecule has 0 bridgehead atoms. The van der Waals surface area contributed by atoms with Crippen molar-refractivity contribution in [3.63, 3.8) is 0 Å². The molecule has 1 aromatic rings. The van der Waals surface area contributed by atoms with Crippen molar-refractivity contribution < 1.29 is 8.42 Å². The van der Waals surface area contributed by atoms with Crippen molar-refractivity contribution in [2.24, 2.45) is 5.14 Å². The van der Waals surface area contributed by atoms with Crippen molar-refractivity contribution in [2.75, 3.05) is 25.6 Å². The Labute approximate surface area is 142 Å². The molecule has 5 nitrogen and oxygen atoms in total. The van der Waals surface area contributed by atoms with Crippen molar-refractivity contribution in [1.29, 1.82) is 0 Å². The lowest BCUT2D eigenvalue weighted by molar-refractivity contribution is 0.395. The van der Waals surface area contributed by atoms with Crippen LogP contribution in [0.3, 0.4) is 0 Å². The molecule has 0 aromatic heterocycles. The van der Waals surface area contributed by atoms with Gasteiger partial charge in [0.2, 0.25) is 10.0 Å². The predicted octanol–water partition coefficient (Wildman–Crippen LogP) is 1.95. The monoisotopic (exact) mass is 361 g/mol. The molecule has 0 spiro atoms. The van der Waals surface area contributed by atoms with Gasteiger partial charge in [0.1, 0.15) is 0 Å². The topological polar surface area (TPSA) is 75.4 Å². The zero-order valence-electron chi connectivity index (χ0n) is 13.1. The molecule has 0 heterocycles. The van der Waals surface area contributed by atoms with E-state index in [0.717, 1.165) is 24.3 Å². The second-order valence-electron chi connectivity index (χ2n) is 4.98. The summed E-state index contributed by atoms with van der Waals surface area (Å²) in [7, 11) is -1.73. The van der Waals surface area contributed by atoms with Crippen molar-refractivity contribution in [2.45, 2.75) is 24.3 Å². The third-order valence-corrected chi connectivity index (χ3v) is 5.45. The second-order valence-corrected chi connectivity index (χ2v) is 7.91. The first kappa shape index (κ1) is 19.2. The zero-order valence-corrected chi connectivity index (χ0v) is 15.5. The number of sulfonamides is 1. The van der Waals surface area contributed by atoms with E-state index in [4.69, 9.17) is 17.4 Å². The van der Waals surface area contributed by atoms with Gasteiger partial charge in [-0.25, -0.2) is 13.6 Å². The van der Waals surface area contributed by atoms with Gasteiger partial charge in [-0.15, -0.1) is 0 Å². The highest BCUT2D eigenvalue weighted by Gasteiger charge is 2.15. The van der Waals surface area contributed by atoms with Gasteiger partial charge in [-0.1, -0.05) is 12.1 Å². The number of nitrogens with one attached hydrogen (secondary N) is 1. The van der Waals surface area contributed by atoms with Gasteiger partial charge in [0.15, 0.2) is 5.11 Å². The average molecular weight is 362 g/mol. The van der Waals surface area contributed by atoms with Crippen molar-refractivity contribution in [3.05, 3.63) is 29.8 Å². The molecule has 0 unspecified atom stereocenters. The van der Waals surface area contributed by atoms with Crippen molar-refractivity contribution >= 4 is 39.1 Å². The zero-order chi connectivity index (χ0) is 16.8. The Kier molecular flexibility index (Phi) is 7.61. The number of rotatable bonds is 7. The maximum Gasteiger partial charge on any atom is 0.238 e. The van der Waals surface area contributed by atoms with E-state index in [9.17, 15) is 8.42 Å². The van der Waals surface area contributed by atoms with E-state index in [0.29, 0.717) is 5.11 Å². The SMILES string of the molecule is CSCCCNC(=S)N(C)[C@@H](C)c1ccc(S(N)(=O)=O)cc1. The molecule has 3 N–H and O–H groups in total. The fourth-order valence-electron chi connectivity index (χ4n) is 1.87. The Balaban J connectivity index is 2.66. The second kappa shape index (κ2) is 8.71. The Morgan fingerprint density at radius 3 is 2.50 bits per heavy atom. The van der Waals surface area contributed by atoms with Crippen LogP contribution in [0.2, 0.25) is 0 Å². The highest BCUT2D eigenvalue weighted by molar-refractivity contribution is 7.98. The third-order valence-electron chi connectivity index (χ3n) is 3.39. The number of nitrogens with two attached hydrogens (primary N) is 1. The number of hydrogen-bond acceptors (Lipinski definition) is 4. The van der Waals surface area contributed by atoms with Gasteiger partial charge < -0.3 is 10.2 Å². The predicted molar refractivity (Wildman–Crippen MR) is 97.6 cm³/mol. The van der Waals surface area contributed by atoms with Gasteiger partial charge in [-0.3, -0.25) is 0 Å². The number of nitrogens with zero attached hydrogens (tertiary/aromatic N) is 1. The Bertz CT molecular complexity index is 588. The molecule has 0 aliphatic carbocycles.